The molecule has 1 aromatic carbocycles. The van der Waals surface area contributed by atoms with Gasteiger partial charge in [0.15, 0.2) is 0 Å². The van der Waals surface area contributed by atoms with Crippen LogP contribution in [-0.4, -0.2) is 46.2 Å². The van der Waals surface area contributed by atoms with E-state index in [9.17, 15) is 8.42 Å². The largest absolute Gasteiger partial charge is 0.399 e. The number of oxime groups is 1. The fraction of sp³-hybridized carbons (Fsp3) is 0.364. The fourth-order valence-electron chi connectivity index (χ4n) is 1.23. The fourth-order valence-corrected chi connectivity index (χ4v) is 1.93. The molecule has 0 aliphatic carbocycles. The van der Waals surface area contributed by atoms with Crippen LogP contribution in [0.25, 0.3) is 0 Å². The van der Waals surface area contributed by atoms with Crippen LogP contribution >= 0.6 is 11.6 Å². The number of nitrogens with zero attached hydrogens (tertiary/aromatic N) is 2. The molecule has 0 fully saturated rings. The number of benzene rings is 1. The molecule has 0 unspecified atom stereocenters. The summed E-state index contributed by atoms with van der Waals surface area (Å²) in [5.74, 6) is 0. The maximum atomic E-state index is 11.6. The molecule has 8 heteroatoms. The Morgan fingerprint density at radius 1 is 1.37 bits per heavy atom. The van der Waals surface area contributed by atoms with Crippen molar-refractivity contribution in [2.24, 2.45) is 5.16 Å². The Morgan fingerprint density at radius 3 is 2.42 bits per heavy atom. The molecular weight excluding hydrogens is 290 g/mol. The van der Waals surface area contributed by atoms with E-state index in [1.807, 2.05) is 0 Å². The Balaban J connectivity index is 2.86. The molecule has 0 aromatic heterocycles. The standard InChI is InChI=1S/C11H16ClN3O3S/c1-15(2)19(16,17)13-8-11(14-18-3)9-4-6-10(12)7-5-9/h4-7,13H,8H2,1-3H3/b14-11+. The third kappa shape index (κ3) is 4.79. The molecule has 19 heavy (non-hydrogen) atoms. The second-order valence-electron chi connectivity index (χ2n) is 3.84. The molecule has 0 saturated heterocycles. The minimum atomic E-state index is -3.51. The Morgan fingerprint density at radius 2 is 1.95 bits per heavy atom. The van der Waals surface area contributed by atoms with Crippen LogP contribution in [0.4, 0.5) is 0 Å². The summed E-state index contributed by atoms with van der Waals surface area (Å²) in [5, 5.41) is 4.41. The predicted octanol–water partition coefficient (Wildman–Crippen LogP) is 1.09. The van der Waals surface area contributed by atoms with Crippen LogP contribution in [0.2, 0.25) is 5.02 Å². The molecule has 0 aliphatic heterocycles. The van der Waals surface area contributed by atoms with Gasteiger partial charge in [0.2, 0.25) is 0 Å². The van der Waals surface area contributed by atoms with Gasteiger partial charge in [0.1, 0.15) is 12.8 Å². The smallest absolute Gasteiger partial charge is 0.279 e. The number of rotatable bonds is 6. The number of hydrogen-bond acceptors (Lipinski definition) is 4. The average molecular weight is 306 g/mol. The second-order valence-corrected chi connectivity index (χ2v) is 6.24. The zero-order valence-corrected chi connectivity index (χ0v) is 12.5. The Hall–Kier alpha value is -1.15. The van der Waals surface area contributed by atoms with Crippen LogP contribution in [0.1, 0.15) is 5.56 Å². The van der Waals surface area contributed by atoms with Crippen LogP contribution in [-0.2, 0) is 15.0 Å². The van der Waals surface area contributed by atoms with Crippen molar-refractivity contribution >= 4 is 27.5 Å². The molecule has 1 rings (SSSR count). The van der Waals surface area contributed by atoms with Crippen LogP contribution < -0.4 is 4.72 Å². The highest BCUT2D eigenvalue weighted by molar-refractivity contribution is 7.87. The van der Waals surface area contributed by atoms with Gasteiger partial charge >= 0.3 is 0 Å². The molecule has 0 saturated carbocycles. The highest BCUT2D eigenvalue weighted by Crippen LogP contribution is 2.10. The van der Waals surface area contributed by atoms with Gasteiger partial charge in [-0.05, 0) is 12.1 Å². The summed E-state index contributed by atoms with van der Waals surface area (Å²) in [5.41, 5.74) is 1.19. The third-order valence-corrected chi connectivity index (χ3v) is 4.00. The summed E-state index contributed by atoms with van der Waals surface area (Å²) in [6.45, 7) is 0.0238. The van der Waals surface area contributed by atoms with Gasteiger partial charge in [-0.25, -0.2) is 0 Å². The topological polar surface area (TPSA) is 71.0 Å². The van der Waals surface area contributed by atoms with Crippen LogP contribution in [0.5, 0.6) is 0 Å². The van der Waals surface area contributed by atoms with Gasteiger partial charge in [-0.1, -0.05) is 28.9 Å². The van der Waals surface area contributed by atoms with Crippen molar-refractivity contribution in [3.63, 3.8) is 0 Å². The number of halogens is 1. The Bertz CT molecular complexity index is 541. The monoisotopic (exact) mass is 305 g/mol. The maximum Gasteiger partial charge on any atom is 0.279 e. The van der Waals surface area contributed by atoms with Gasteiger partial charge < -0.3 is 4.84 Å². The first-order chi connectivity index (χ1) is 8.86. The molecule has 1 N–H and O–H groups in total. The van der Waals surface area contributed by atoms with Crippen molar-refractivity contribution < 1.29 is 13.3 Å². The van der Waals surface area contributed by atoms with E-state index in [0.717, 1.165) is 9.87 Å². The number of hydrogen-bond donors (Lipinski definition) is 1. The molecule has 0 aliphatic rings. The first kappa shape index (κ1) is 15.9. The third-order valence-electron chi connectivity index (χ3n) is 2.28. The van der Waals surface area contributed by atoms with Crippen LogP contribution in [0.3, 0.4) is 0 Å². The van der Waals surface area contributed by atoms with Crippen LogP contribution in [0, 0.1) is 0 Å². The number of nitrogens with one attached hydrogen (secondary N) is 1. The lowest BCUT2D eigenvalue weighted by molar-refractivity contribution is 0.213. The van der Waals surface area contributed by atoms with Crippen molar-refractivity contribution in [1.29, 1.82) is 0 Å². The second kappa shape index (κ2) is 6.85. The first-order valence-electron chi connectivity index (χ1n) is 5.40. The molecule has 0 spiro atoms. The molecule has 106 valence electrons. The van der Waals surface area contributed by atoms with Crippen molar-refractivity contribution in [3.05, 3.63) is 34.9 Å². The summed E-state index contributed by atoms with van der Waals surface area (Å²) >= 11 is 5.80. The van der Waals surface area contributed by atoms with E-state index < -0.39 is 10.2 Å². The minimum absolute atomic E-state index is 0.0238. The van der Waals surface area contributed by atoms with E-state index in [2.05, 4.69) is 9.88 Å². The van der Waals surface area contributed by atoms with E-state index in [0.29, 0.717) is 10.7 Å². The van der Waals surface area contributed by atoms with Crippen molar-refractivity contribution in [2.45, 2.75) is 0 Å². The van der Waals surface area contributed by atoms with Gasteiger partial charge in [-0.15, -0.1) is 0 Å². The van der Waals surface area contributed by atoms with Gasteiger partial charge in [-0.3, -0.25) is 0 Å². The molecule has 0 bridgehead atoms. The maximum absolute atomic E-state index is 11.6. The lowest BCUT2D eigenvalue weighted by Gasteiger charge is -2.13. The summed E-state index contributed by atoms with van der Waals surface area (Å²) in [6, 6.07) is 6.87. The van der Waals surface area contributed by atoms with Gasteiger partial charge in [0, 0.05) is 24.7 Å². The molecule has 6 nitrogen and oxygen atoms in total. The van der Waals surface area contributed by atoms with E-state index >= 15 is 0 Å². The molecular formula is C11H16ClN3O3S. The average Bonchev–Trinajstić information content (AvgIpc) is 2.35. The van der Waals surface area contributed by atoms with E-state index in [4.69, 9.17) is 16.4 Å². The predicted molar refractivity (Wildman–Crippen MR) is 75.6 cm³/mol. The lowest BCUT2D eigenvalue weighted by atomic mass is 10.1. The highest BCUT2D eigenvalue weighted by atomic mass is 35.5. The molecule has 0 amide bonds. The van der Waals surface area contributed by atoms with Crippen LogP contribution in [0.15, 0.2) is 29.4 Å². The quantitative estimate of drug-likeness (QED) is 0.631. The Kier molecular flexibility index (Phi) is 5.74. The first-order valence-corrected chi connectivity index (χ1v) is 7.21. The van der Waals surface area contributed by atoms with Gasteiger partial charge in [0.25, 0.3) is 10.2 Å². The van der Waals surface area contributed by atoms with Gasteiger partial charge in [-0.2, -0.15) is 17.4 Å². The summed E-state index contributed by atoms with van der Waals surface area (Å²) in [7, 11) is 0.777. The minimum Gasteiger partial charge on any atom is -0.399 e. The van der Waals surface area contributed by atoms with E-state index in [-0.39, 0.29) is 6.54 Å². The normalized spacial score (nSPS) is 12.8. The molecule has 0 atom stereocenters. The SMILES string of the molecule is CO/N=C(\CNS(=O)(=O)N(C)C)c1ccc(Cl)cc1. The zero-order chi connectivity index (χ0) is 14.5. The molecule has 0 heterocycles. The van der Waals surface area contributed by atoms with E-state index in [1.54, 1.807) is 24.3 Å². The molecule has 1 aromatic rings. The van der Waals surface area contributed by atoms with Gasteiger partial charge in [0.05, 0.1) is 6.54 Å². The van der Waals surface area contributed by atoms with Crippen molar-refractivity contribution in [3.8, 4) is 0 Å². The van der Waals surface area contributed by atoms with E-state index in [1.165, 1.54) is 21.2 Å². The molecule has 0 radical (unpaired) electrons. The summed E-state index contributed by atoms with van der Waals surface area (Å²) in [4.78, 5) is 4.72. The Labute approximate surface area is 118 Å². The summed E-state index contributed by atoms with van der Waals surface area (Å²) in [6.07, 6.45) is 0. The lowest BCUT2D eigenvalue weighted by Crippen LogP contribution is -2.38. The summed E-state index contributed by atoms with van der Waals surface area (Å²) < 4.78 is 26.7. The highest BCUT2D eigenvalue weighted by Gasteiger charge is 2.15. The van der Waals surface area contributed by atoms with Crippen molar-refractivity contribution in [1.82, 2.24) is 9.03 Å². The zero-order valence-electron chi connectivity index (χ0n) is 10.9. The van der Waals surface area contributed by atoms with Crippen molar-refractivity contribution in [2.75, 3.05) is 27.7 Å².